The number of nitriles is 1. The summed E-state index contributed by atoms with van der Waals surface area (Å²) in [5, 5.41) is 9.37. The Hall–Kier alpha value is -3.79. The van der Waals surface area contributed by atoms with Crippen molar-refractivity contribution in [2.24, 2.45) is 0 Å². The average Bonchev–Trinajstić information content (AvgIpc) is 3.42. The SMILES string of the molecule is N#Cc1nc(-c2ccco2)oc1N1CCN(C(=O)/C=C/c2ccccc2)CC1. The molecule has 0 bridgehead atoms. The zero-order valence-electron chi connectivity index (χ0n) is 15.1. The van der Waals surface area contributed by atoms with Crippen LogP contribution in [0, 0.1) is 11.3 Å². The molecule has 1 aliphatic rings. The van der Waals surface area contributed by atoms with E-state index >= 15 is 0 Å². The van der Waals surface area contributed by atoms with Crippen LogP contribution >= 0.6 is 0 Å². The van der Waals surface area contributed by atoms with Gasteiger partial charge in [-0.15, -0.1) is 0 Å². The van der Waals surface area contributed by atoms with Gasteiger partial charge in [0.15, 0.2) is 5.76 Å². The van der Waals surface area contributed by atoms with Crippen molar-refractivity contribution in [2.45, 2.75) is 0 Å². The minimum Gasteiger partial charge on any atom is -0.459 e. The van der Waals surface area contributed by atoms with Gasteiger partial charge in [0.1, 0.15) is 6.07 Å². The molecule has 0 atom stereocenters. The van der Waals surface area contributed by atoms with Crippen LogP contribution in [0.25, 0.3) is 17.7 Å². The Bertz CT molecular complexity index is 1010. The fourth-order valence-electron chi connectivity index (χ4n) is 3.07. The largest absolute Gasteiger partial charge is 0.459 e. The van der Waals surface area contributed by atoms with Crippen LogP contribution in [-0.4, -0.2) is 42.0 Å². The van der Waals surface area contributed by atoms with Gasteiger partial charge in [0.25, 0.3) is 5.89 Å². The maximum absolute atomic E-state index is 12.4. The van der Waals surface area contributed by atoms with Gasteiger partial charge in [-0.25, -0.2) is 0 Å². The molecule has 3 aromatic rings. The molecule has 1 aliphatic heterocycles. The second-order valence-corrected chi connectivity index (χ2v) is 6.32. The lowest BCUT2D eigenvalue weighted by Crippen LogP contribution is -2.48. The smallest absolute Gasteiger partial charge is 0.266 e. The Labute approximate surface area is 162 Å². The number of carbonyl (C=O) groups excluding carboxylic acids is 1. The van der Waals surface area contributed by atoms with E-state index in [1.165, 1.54) is 6.26 Å². The zero-order chi connectivity index (χ0) is 19.3. The van der Waals surface area contributed by atoms with Gasteiger partial charge in [0.05, 0.1) is 6.26 Å². The number of hydrogen-bond donors (Lipinski definition) is 0. The fraction of sp³-hybridized carbons (Fsp3) is 0.190. The highest BCUT2D eigenvalue weighted by atomic mass is 16.4. The summed E-state index contributed by atoms with van der Waals surface area (Å²) in [5.74, 6) is 1.14. The maximum Gasteiger partial charge on any atom is 0.266 e. The Morgan fingerprint density at radius 3 is 2.57 bits per heavy atom. The van der Waals surface area contributed by atoms with Gasteiger partial charge in [-0.05, 0) is 23.8 Å². The summed E-state index contributed by atoms with van der Waals surface area (Å²) in [5.41, 5.74) is 1.20. The standard InChI is InChI=1S/C21H18N4O3/c22-15-17-21(28-20(23-17)18-7-4-14-27-18)25-12-10-24(11-13-25)19(26)9-8-16-5-2-1-3-6-16/h1-9,14H,10-13H2/b9-8+. The van der Waals surface area contributed by atoms with Crippen LogP contribution in [-0.2, 0) is 4.79 Å². The summed E-state index contributed by atoms with van der Waals surface area (Å²) in [6.45, 7) is 2.21. The quantitative estimate of drug-likeness (QED) is 0.652. The summed E-state index contributed by atoms with van der Waals surface area (Å²) >= 11 is 0. The molecule has 1 aromatic carbocycles. The first-order chi connectivity index (χ1) is 13.7. The van der Waals surface area contributed by atoms with Crippen LogP contribution in [0.15, 0.2) is 63.6 Å². The lowest BCUT2D eigenvalue weighted by molar-refractivity contribution is -0.126. The number of carbonyl (C=O) groups is 1. The van der Waals surface area contributed by atoms with Crippen LogP contribution in [0.5, 0.6) is 0 Å². The Kier molecular flexibility index (Phi) is 4.93. The molecule has 7 heteroatoms. The van der Waals surface area contributed by atoms with Gasteiger partial charge < -0.3 is 18.6 Å². The molecule has 2 aromatic heterocycles. The van der Waals surface area contributed by atoms with Crippen molar-refractivity contribution < 1.29 is 13.6 Å². The van der Waals surface area contributed by atoms with Gasteiger partial charge in [-0.1, -0.05) is 30.3 Å². The van der Waals surface area contributed by atoms with E-state index in [0.717, 1.165) is 5.56 Å². The average molecular weight is 374 g/mol. The number of rotatable bonds is 4. The Morgan fingerprint density at radius 1 is 1.11 bits per heavy atom. The number of anilines is 1. The molecule has 4 rings (SSSR count). The van der Waals surface area contributed by atoms with Crippen LogP contribution in [0.3, 0.4) is 0 Å². The molecule has 1 fully saturated rings. The molecule has 140 valence electrons. The second kappa shape index (κ2) is 7.84. The lowest BCUT2D eigenvalue weighted by atomic mass is 10.2. The fourth-order valence-corrected chi connectivity index (χ4v) is 3.07. The van der Waals surface area contributed by atoms with E-state index < -0.39 is 0 Å². The number of nitrogens with zero attached hydrogens (tertiary/aromatic N) is 4. The number of benzene rings is 1. The number of furan rings is 1. The highest BCUT2D eigenvalue weighted by Crippen LogP contribution is 2.29. The molecule has 3 heterocycles. The van der Waals surface area contributed by atoms with Crippen LogP contribution < -0.4 is 4.90 Å². The molecular weight excluding hydrogens is 356 g/mol. The molecule has 0 spiro atoms. The van der Waals surface area contributed by atoms with Crippen molar-refractivity contribution in [2.75, 3.05) is 31.1 Å². The summed E-state index contributed by atoms with van der Waals surface area (Å²) in [7, 11) is 0. The van der Waals surface area contributed by atoms with E-state index in [9.17, 15) is 10.1 Å². The third kappa shape index (κ3) is 3.67. The number of aromatic nitrogens is 1. The highest BCUT2D eigenvalue weighted by Gasteiger charge is 2.26. The summed E-state index contributed by atoms with van der Waals surface area (Å²) in [6, 6.07) is 15.2. The van der Waals surface area contributed by atoms with Gasteiger partial charge >= 0.3 is 0 Å². The Balaban J connectivity index is 1.41. The molecule has 1 saturated heterocycles. The number of hydrogen-bond acceptors (Lipinski definition) is 6. The van der Waals surface area contributed by atoms with E-state index in [1.54, 1.807) is 23.1 Å². The third-order valence-electron chi connectivity index (χ3n) is 4.54. The predicted octanol–water partition coefficient (Wildman–Crippen LogP) is 3.17. The molecule has 1 amide bonds. The first-order valence-electron chi connectivity index (χ1n) is 8.96. The van der Waals surface area contributed by atoms with Crippen molar-refractivity contribution in [1.29, 1.82) is 5.26 Å². The molecule has 0 N–H and O–H groups in total. The van der Waals surface area contributed by atoms with Gasteiger partial charge in [0.2, 0.25) is 17.5 Å². The first kappa shape index (κ1) is 17.6. The van der Waals surface area contributed by atoms with Crippen LogP contribution in [0.4, 0.5) is 5.88 Å². The van der Waals surface area contributed by atoms with Gasteiger partial charge in [-0.2, -0.15) is 10.2 Å². The molecular formula is C21H18N4O3. The number of amides is 1. The maximum atomic E-state index is 12.4. The van der Waals surface area contributed by atoms with Crippen molar-refractivity contribution in [1.82, 2.24) is 9.88 Å². The van der Waals surface area contributed by atoms with Gasteiger partial charge in [0, 0.05) is 32.3 Å². The highest BCUT2D eigenvalue weighted by molar-refractivity contribution is 5.92. The third-order valence-corrected chi connectivity index (χ3v) is 4.54. The molecule has 7 nitrogen and oxygen atoms in total. The van der Waals surface area contributed by atoms with E-state index in [-0.39, 0.29) is 17.5 Å². The van der Waals surface area contributed by atoms with Crippen LogP contribution in [0.1, 0.15) is 11.3 Å². The Morgan fingerprint density at radius 2 is 1.89 bits per heavy atom. The summed E-state index contributed by atoms with van der Waals surface area (Å²) < 4.78 is 11.1. The topological polar surface area (TPSA) is 86.5 Å². The second-order valence-electron chi connectivity index (χ2n) is 6.32. The molecule has 0 saturated carbocycles. The first-order valence-corrected chi connectivity index (χ1v) is 8.96. The lowest BCUT2D eigenvalue weighted by Gasteiger charge is -2.33. The van der Waals surface area contributed by atoms with E-state index in [1.807, 2.05) is 41.3 Å². The monoisotopic (exact) mass is 374 g/mol. The van der Waals surface area contributed by atoms with Crippen molar-refractivity contribution >= 4 is 17.9 Å². The molecule has 0 aliphatic carbocycles. The molecule has 0 unspecified atom stereocenters. The molecule has 28 heavy (non-hydrogen) atoms. The number of oxazole rings is 1. The zero-order valence-corrected chi connectivity index (χ0v) is 15.1. The van der Waals surface area contributed by atoms with Gasteiger partial charge in [-0.3, -0.25) is 4.79 Å². The van der Waals surface area contributed by atoms with Crippen LogP contribution in [0.2, 0.25) is 0 Å². The summed E-state index contributed by atoms with van der Waals surface area (Å²) in [6.07, 6.45) is 4.93. The van der Waals surface area contributed by atoms with E-state index in [4.69, 9.17) is 8.83 Å². The van der Waals surface area contributed by atoms with Crippen molar-refractivity contribution in [3.63, 3.8) is 0 Å². The predicted molar refractivity (Wildman–Crippen MR) is 103 cm³/mol. The van der Waals surface area contributed by atoms with E-state index in [0.29, 0.717) is 37.8 Å². The summed E-state index contributed by atoms with van der Waals surface area (Å²) in [4.78, 5) is 20.3. The van der Waals surface area contributed by atoms with Crippen molar-refractivity contribution in [3.05, 3.63) is 66.1 Å². The van der Waals surface area contributed by atoms with Crippen molar-refractivity contribution in [3.8, 4) is 17.7 Å². The molecule has 0 radical (unpaired) electrons. The normalized spacial score (nSPS) is 14.4. The van der Waals surface area contributed by atoms with E-state index in [2.05, 4.69) is 11.1 Å². The minimum atomic E-state index is -0.0298. The number of piperazine rings is 1. The minimum absolute atomic E-state index is 0.0298.